The van der Waals surface area contributed by atoms with E-state index in [1.165, 1.54) is 6.07 Å². The Kier molecular flexibility index (Phi) is 4.20. The zero-order valence-electron chi connectivity index (χ0n) is 11.8. The van der Waals surface area contributed by atoms with Crippen LogP contribution in [0.25, 0.3) is 0 Å². The lowest BCUT2D eigenvalue weighted by Crippen LogP contribution is -2.50. The van der Waals surface area contributed by atoms with E-state index in [0.717, 1.165) is 13.1 Å². The first kappa shape index (κ1) is 14.7. The summed E-state index contributed by atoms with van der Waals surface area (Å²) in [4.78, 5) is 18.8. The quantitative estimate of drug-likeness (QED) is 0.651. The van der Waals surface area contributed by atoms with Gasteiger partial charge >= 0.3 is 5.69 Å². The molecule has 2 rings (SSSR count). The molecule has 1 saturated heterocycles. The number of nitrogens with zero attached hydrogens (tertiary/aromatic N) is 4. The van der Waals surface area contributed by atoms with Crippen LogP contribution in [0.5, 0.6) is 0 Å². The minimum atomic E-state index is -0.723. The van der Waals surface area contributed by atoms with Crippen LogP contribution in [0.3, 0.4) is 0 Å². The molecule has 0 aliphatic carbocycles. The highest BCUT2D eigenvalue weighted by atomic mass is 16.6. The van der Waals surface area contributed by atoms with Gasteiger partial charge in [-0.1, -0.05) is 0 Å². The lowest BCUT2D eigenvalue weighted by Gasteiger charge is -2.37. The lowest BCUT2D eigenvalue weighted by molar-refractivity contribution is -0.384. The summed E-state index contributed by atoms with van der Waals surface area (Å²) < 4.78 is 0. The number of nitro groups is 1. The molecule has 1 aliphatic heterocycles. The Labute approximate surface area is 118 Å². The fourth-order valence-corrected chi connectivity index (χ4v) is 2.44. The molecule has 1 aromatic rings. The highest BCUT2D eigenvalue weighted by molar-refractivity contribution is 5.57. The van der Waals surface area contributed by atoms with Gasteiger partial charge in [0, 0.05) is 45.0 Å². The molecule has 0 spiro atoms. The first-order valence-electron chi connectivity index (χ1n) is 6.66. The van der Waals surface area contributed by atoms with Crippen molar-refractivity contribution in [3.8, 4) is 0 Å². The Balaban J connectivity index is 2.03. The highest BCUT2D eigenvalue weighted by Gasteiger charge is 2.26. The normalized spacial score (nSPS) is 17.2. The van der Waals surface area contributed by atoms with Gasteiger partial charge in [0.25, 0.3) is 0 Å². The molecule has 110 valence electrons. The maximum absolute atomic E-state index is 11.0. The predicted molar refractivity (Wildman–Crippen MR) is 75.8 cm³/mol. The van der Waals surface area contributed by atoms with Crippen molar-refractivity contribution in [2.75, 3.05) is 37.6 Å². The number of piperazine rings is 1. The smallest absolute Gasteiger partial charge is 0.311 e. The first-order chi connectivity index (χ1) is 9.37. The van der Waals surface area contributed by atoms with Crippen molar-refractivity contribution in [1.29, 1.82) is 0 Å². The van der Waals surface area contributed by atoms with Crippen molar-refractivity contribution < 1.29 is 10.0 Å². The number of anilines is 1. The third-order valence-electron chi connectivity index (χ3n) is 3.25. The van der Waals surface area contributed by atoms with Gasteiger partial charge in [-0.25, -0.2) is 4.98 Å². The summed E-state index contributed by atoms with van der Waals surface area (Å²) in [5.74, 6) is 0.431. The van der Waals surface area contributed by atoms with E-state index in [4.69, 9.17) is 0 Å². The van der Waals surface area contributed by atoms with Gasteiger partial charge in [0.05, 0.1) is 10.5 Å². The molecule has 2 heterocycles. The monoisotopic (exact) mass is 280 g/mol. The van der Waals surface area contributed by atoms with Gasteiger partial charge in [-0.05, 0) is 19.9 Å². The molecule has 1 aromatic heterocycles. The van der Waals surface area contributed by atoms with Gasteiger partial charge in [-0.15, -0.1) is 0 Å². The molecule has 1 N–H and O–H groups in total. The van der Waals surface area contributed by atoms with E-state index in [0.29, 0.717) is 25.5 Å². The van der Waals surface area contributed by atoms with Crippen molar-refractivity contribution in [2.45, 2.75) is 19.4 Å². The molecule has 20 heavy (non-hydrogen) atoms. The van der Waals surface area contributed by atoms with Gasteiger partial charge in [-0.3, -0.25) is 15.0 Å². The first-order valence-corrected chi connectivity index (χ1v) is 6.66. The summed E-state index contributed by atoms with van der Waals surface area (Å²) in [6, 6.07) is 3.05. The molecule has 7 heteroatoms. The van der Waals surface area contributed by atoms with Crippen LogP contribution in [0.1, 0.15) is 13.8 Å². The summed E-state index contributed by atoms with van der Waals surface area (Å²) in [7, 11) is 0. The molecular formula is C13H20N4O3. The number of aliphatic hydroxyl groups is 1. The second-order valence-electron chi connectivity index (χ2n) is 5.68. The van der Waals surface area contributed by atoms with E-state index in [9.17, 15) is 15.2 Å². The average molecular weight is 280 g/mol. The molecular weight excluding hydrogens is 260 g/mol. The number of β-amino-alcohol motifs (C(OH)–C–C–N with tert-alkyl or cyclic N) is 1. The summed E-state index contributed by atoms with van der Waals surface area (Å²) in [6.07, 6.45) is 1.57. The van der Waals surface area contributed by atoms with Crippen LogP contribution in [0.2, 0.25) is 0 Å². The van der Waals surface area contributed by atoms with Crippen molar-refractivity contribution in [3.63, 3.8) is 0 Å². The molecule has 1 fully saturated rings. The van der Waals surface area contributed by atoms with Gasteiger partial charge in [0.15, 0.2) is 0 Å². The van der Waals surface area contributed by atoms with Crippen LogP contribution in [-0.2, 0) is 0 Å². The van der Waals surface area contributed by atoms with E-state index in [-0.39, 0.29) is 5.69 Å². The van der Waals surface area contributed by atoms with Crippen molar-refractivity contribution >= 4 is 11.5 Å². The van der Waals surface area contributed by atoms with Gasteiger partial charge in [0.2, 0.25) is 5.82 Å². The van der Waals surface area contributed by atoms with E-state index >= 15 is 0 Å². The lowest BCUT2D eigenvalue weighted by atomic mass is 10.1. The second-order valence-corrected chi connectivity index (χ2v) is 5.68. The Morgan fingerprint density at radius 1 is 1.40 bits per heavy atom. The van der Waals surface area contributed by atoms with Crippen LogP contribution in [-0.4, -0.2) is 58.2 Å². The van der Waals surface area contributed by atoms with Gasteiger partial charge in [0.1, 0.15) is 0 Å². The van der Waals surface area contributed by atoms with Crippen molar-refractivity contribution in [1.82, 2.24) is 9.88 Å². The van der Waals surface area contributed by atoms with Crippen molar-refractivity contribution in [3.05, 3.63) is 28.4 Å². The van der Waals surface area contributed by atoms with Gasteiger partial charge in [-0.2, -0.15) is 0 Å². The Morgan fingerprint density at radius 2 is 2.05 bits per heavy atom. The minimum Gasteiger partial charge on any atom is -0.389 e. The Morgan fingerprint density at radius 3 is 2.60 bits per heavy atom. The standard InChI is InChI=1S/C13H20N4O3/c1-13(2,18)10-15-6-8-16(9-7-15)12-11(17(19)20)4-3-5-14-12/h3-5,18H,6-10H2,1-2H3. The Hall–Kier alpha value is -1.73. The summed E-state index contributed by atoms with van der Waals surface area (Å²) in [5, 5.41) is 20.8. The van der Waals surface area contributed by atoms with E-state index in [1.807, 2.05) is 4.90 Å². The highest BCUT2D eigenvalue weighted by Crippen LogP contribution is 2.25. The zero-order valence-corrected chi connectivity index (χ0v) is 11.8. The van der Waals surface area contributed by atoms with Crippen LogP contribution in [0.4, 0.5) is 11.5 Å². The second kappa shape index (κ2) is 5.72. The minimum absolute atomic E-state index is 0.0449. The fraction of sp³-hybridized carbons (Fsp3) is 0.615. The summed E-state index contributed by atoms with van der Waals surface area (Å²) in [6.45, 7) is 7.04. The number of aromatic nitrogens is 1. The van der Waals surface area contributed by atoms with Crippen LogP contribution in [0, 0.1) is 10.1 Å². The number of hydrogen-bond donors (Lipinski definition) is 1. The molecule has 7 nitrogen and oxygen atoms in total. The topological polar surface area (TPSA) is 82.7 Å². The third-order valence-corrected chi connectivity index (χ3v) is 3.25. The molecule has 0 saturated carbocycles. The van der Waals surface area contributed by atoms with Crippen LogP contribution >= 0.6 is 0 Å². The van der Waals surface area contributed by atoms with E-state index < -0.39 is 10.5 Å². The number of rotatable bonds is 4. The Bertz CT molecular complexity index is 479. The molecule has 0 amide bonds. The summed E-state index contributed by atoms with van der Waals surface area (Å²) >= 11 is 0. The fourth-order valence-electron chi connectivity index (χ4n) is 2.44. The van der Waals surface area contributed by atoms with Gasteiger partial charge < -0.3 is 10.0 Å². The molecule has 0 aromatic carbocycles. The van der Waals surface area contributed by atoms with Crippen LogP contribution < -0.4 is 4.90 Å². The molecule has 0 atom stereocenters. The van der Waals surface area contributed by atoms with E-state index in [1.54, 1.807) is 26.1 Å². The molecule has 0 bridgehead atoms. The number of pyridine rings is 1. The van der Waals surface area contributed by atoms with Crippen LogP contribution in [0.15, 0.2) is 18.3 Å². The maximum Gasteiger partial charge on any atom is 0.311 e. The zero-order chi connectivity index (χ0) is 14.8. The summed E-state index contributed by atoms with van der Waals surface area (Å²) in [5.41, 5.74) is -0.678. The molecule has 1 aliphatic rings. The number of hydrogen-bond acceptors (Lipinski definition) is 6. The molecule has 0 radical (unpaired) electrons. The SMILES string of the molecule is CC(C)(O)CN1CCN(c2ncccc2[N+](=O)[O-])CC1. The van der Waals surface area contributed by atoms with Crippen molar-refractivity contribution in [2.24, 2.45) is 0 Å². The average Bonchev–Trinajstić information content (AvgIpc) is 2.38. The maximum atomic E-state index is 11.0. The third kappa shape index (κ3) is 3.64. The van der Waals surface area contributed by atoms with E-state index in [2.05, 4.69) is 9.88 Å². The largest absolute Gasteiger partial charge is 0.389 e. The predicted octanol–water partition coefficient (Wildman–Crippen LogP) is 0.883. The molecule has 0 unspecified atom stereocenters.